The minimum atomic E-state index is -0.361. The summed E-state index contributed by atoms with van der Waals surface area (Å²) in [5.74, 6) is -0.324. The van der Waals surface area contributed by atoms with Crippen molar-refractivity contribution in [3.05, 3.63) is 0 Å². The molecule has 5 nitrogen and oxygen atoms in total. The summed E-state index contributed by atoms with van der Waals surface area (Å²) in [4.78, 5) is 24.7. The van der Waals surface area contributed by atoms with Crippen LogP contribution in [0.5, 0.6) is 0 Å². The summed E-state index contributed by atoms with van der Waals surface area (Å²) in [6.45, 7) is 3.36. The molecule has 2 N–H and O–H groups in total. The zero-order valence-corrected chi connectivity index (χ0v) is 11.6. The fourth-order valence-electron chi connectivity index (χ4n) is 1.71. The van der Waals surface area contributed by atoms with Crippen LogP contribution in [-0.4, -0.2) is 43.5 Å². The maximum absolute atomic E-state index is 11.9. The molecule has 0 radical (unpaired) electrons. The first-order chi connectivity index (χ1) is 8.65. The predicted molar refractivity (Wildman–Crippen MR) is 71.0 cm³/mol. The Balaban J connectivity index is 3.94. The van der Waals surface area contributed by atoms with E-state index in [0.29, 0.717) is 19.5 Å². The van der Waals surface area contributed by atoms with Crippen LogP contribution in [0.2, 0.25) is 0 Å². The van der Waals surface area contributed by atoms with Crippen molar-refractivity contribution < 1.29 is 14.3 Å². The van der Waals surface area contributed by atoms with Crippen LogP contribution in [0.25, 0.3) is 0 Å². The maximum atomic E-state index is 11.9. The van der Waals surface area contributed by atoms with Crippen LogP contribution in [0.15, 0.2) is 0 Å². The Kier molecular flexibility index (Phi) is 10.3. The number of carbonyl (C=O) groups excluding carboxylic acids is 2. The fraction of sp³-hybridized carbons (Fsp3) is 0.846. The number of rotatable bonds is 10. The Hall–Kier alpha value is -1.10. The molecule has 0 aliphatic heterocycles. The molecule has 0 aromatic rings. The molecule has 0 saturated carbocycles. The van der Waals surface area contributed by atoms with E-state index < -0.39 is 0 Å². The number of nitrogens with two attached hydrogens (primary N) is 1. The molecular formula is C13H26N2O3. The summed E-state index contributed by atoms with van der Waals surface area (Å²) in [6.07, 6.45) is 5.29. The average Bonchev–Trinajstić information content (AvgIpc) is 2.37. The predicted octanol–water partition coefficient (Wildman–Crippen LogP) is 1.31. The summed E-state index contributed by atoms with van der Waals surface area (Å²) in [5.41, 5.74) is 5.40. The molecule has 0 rings (SSSR count). The second kappa shape index (κ2) is 11.0. The zero-order chi connectivity index (χ0) is 13.8. The van der Waals surface area contributed by atoms with Gasteiger partial charge >= 0.3 is 5.97 Å². The van der Waals surface area contributed by atoms with Crippen molar-refractivity contribution >= 4 is 11.9 Å². The van der Waals surface area contributed by atoms with Gasteiger partial charge in [-0.15, -0.1) is 0 Å². The Morgan fingerprint density at radius 3 is 2.39 bits per heavy atom. The SMILES string of the molecule is CCCN(CC(=O)OC)C(=O)CCCCCCN. The van der Waals surface area contributed by atoms with Crippen molar-refractivity contribution in [1.29, 1.82) is 0 Å². The summed E-state index contributed by atoms with van der Waals surface area (Å²) in [6, 6.07) is 0. The number of methoxy groups -OCH3 is 1. The molecule has 0 fully saturated rings. The Morgan fingerprint density at radius 2 is 1.83 bits per heavy atom. The largest absolute Gasteiger partial charge is 0.468 e. The number of amides is 1. The van der Waals surface area contributed by atoms with E-state index in [4.69, 9.17) is 5.73 Å². The molecule has 18 heavy (non-hydrogen) atoms. The van der Waals surface area contributed by atoms with Crippen molar-refractivity contribution in [2.75, 3.05) is 26.7 Å². The lowest BCUT2D eigenvalue weighted by atomic mass is 10.1. The number of hydrogen-bond acceptors (Lipinski definition) is 4. The van der Waals surface area contributed by atoms with Gasteiger partial charge in [-0.3, -0.25) is 9.59 Å². The van der Waals surface area contributed by atoms with Crippen LogP contribution < -0.4 is 5.73 Å². The third-order valence-corrected chi connectivity index (χ3v) is 2.74. The first-order valence-corrected chi connectivity index (χ1v) is 6.70. The highest BCUT2D eigenvalue weighted by atomic mass is 16.5. The monoisotopic (exact) mass is 258 g/mol. The highest BCUT2D eigenvalue weighted by molar-refractivity contribution is 5.81. The molecule has 0 bridgehead atoms. The lowest BCUT2D eigenvalue weighted by Gasteiger charge is -2.20. The van der Waals surface area contributed by atoms with Gasteiger partial charge in [-0.05, 0) is 25.8 Å². The van der Waals surface area contributed by atoms with Gasteiger partial charge in [0.05, 0.1) is 7.11 Å². The maximum Gasteiger partial charge on any atom is 0.325 e. The molecule has 1 amide bonds. The molecule has 0 aromatic carbocycles. The van der Waals surface area contributed by atoms with E-state index in [1.54, 1.807) is 4.90 Å². The first kappa shape index (κ1) is 16.9. The van der Waals surface area contributed by atoms with Crippen molar-refractivity contribution in [3.8, 4) is 0 Å². The topological polar surface area (TPSA) is 72.6 Å². The lowest BCUT2D eigenvalue weighted by molar-refractivity contribution is -0.147. The molecule has 0 saturated heterocycles. The number of unbranched alkanes of at least 4 members (excludes halogenated alkanes) is 3. The molecule has 0 spiro atoms. The first-order valence-electron chi connectivity index (χ1n) is 6.70. The number of esters is 1. The van der Waals surface area contributed by atoms with Crippen molar-refractivity contribution in [1.82, 2.24) is 4.90 Å². The van der Waals surface area contributed by atoms with Crippen LogP contribution >= 0.6 is 0 Å². The fourth-order valence-corrected chi connectivity index (χ4v) is 1.71. The van der Waals surface area contributed by atoms with E-state index in [1.807, 2.05) is 6.92 Å². The molecule has 0 heterocycles. The van der Waals surface area contributed by atoms with E-state index in [2.05, 4.69) is 4.74 Å². The van der Waals surface area contributed by atoms with Crippen molar-refractivity contribution in [3.63, 3.8) is 0 Å². The van der Waals surface area contributed by atoms with Gasteiger partial charge in [0.25, 0.3) is 0 Å². The summed E-state index contributed by atoms with van der Waals surface area (Å²) >= 11 is 0. The summed E-state index contributed by atoms with van der Waals surface area (Å²) in [7, 11) is 1.34. The summed E-state index contributed by atoms with van der Waals surface area (Å²) in [5, 5.41) is 0. The number of nitrogens with zero attached hydrogens (tertiary/aromatic N) is 1. The van der Waals surface area contributed by atoms with Gasteiger partial charge in [-0.25, -0.2) is 0 Å². The van der Waals surface area contributed by atoms with Crippen LogP contribution in [0.3, 0.4) is 0 Å². The smallest absolute Gasteiger partial charge is 0.325 e. The molecule has 0 unspecified atom stereocenters. The minimum Gasteiger partial charge on any atom is -0.468 e. The van der Waals surface area contributed by atoms with Crippen LogP contribution in [0.4, 0.5) is 0 Å². The third-order valence-electron chi connectivity index (χ3n) is 2.74. The van der Waals surface area contributed by atoms with E-state index in [1.165, 1.54) is 7.11 Å². The highest BCUT2D eigenvalue weighted by Gasteiger charge is 2.15. The van der Waals surface area contributed by atoms with Crippen molar-refractivity contribution in [2.45, 2.75) is 45.4 Å². The van der Waals surface area contributed by atoms with Gasteiger partial charge in [-0.1, -0.05) is 19.8 Å². The second-order valence-electron chi connectivity index (χ2n) is 4.34. The molecular weight excluding hydrogens is 232 g/mol. The number of ether oxygens (including phenoxy) is 1. The van der Waals surface area contributed by atoms with E-state index in [-0.39, 0.29) is 18.4 Å². The molecule has 5 heteroatoms. The molecule has 0 aromatic heterocycles. The minimum absolute atomic E-state index is 0.0370. The third kappa shape index (κ3) is 8.06. The highest BCUT2D eigenvalue weighted by Crippen LogP contribution is 2.06. The molecule has 0 aliphatic carbocycles. The Morgan fingerprint density at radius 1 is 1.17 bits per heavy atom. The zero-order valence-electron chi connectivity index (χ0n) is 11.6. The van der Waals surface area contributed by atoms with Gasteiger partial charge in [0.2, 0.25) is 5.91 Å². The van der Waals surface area contributed by atoms with Gasteiger partial charge < -0.3 is 15.4 Å². The second-order valence-corrected chi connectivity index (χ2v) is 4.34. The molecule has 106 valence electrons. The standard InChI is InChI=1S/C13H26N2O3/c1-3-10-15(11-13(17)18-2)12(16)8-6-4-5-7-9-14/h3-11,14H2,1-2H3. The quantitative estimate of drug-likeness (QED) is 0.473. The Bertz CT molecular complexity index is 244. The van der Waals surface area contributed by atoms with E-state index in [9.17, 15) is 9.59 Å². The van der Waals surface area contributed by atoms with Gasteiger partial charge in [0.15, 0.2) is 0 Å². The van der Waals surface area contributed by atoms with Crippen LogP contribution in [0, 0.1) is 0 Å². The molecule has 0 aliphatic rings. The van der Waals surface area contributed by atoms with Crippen LogP contribution in [-0.2, 0) is 14.3 Å². The van der Waals surface area contributed by atoms with Gasteiger partial charge in [-0.2, -0.15) is 0 Å². The van der Waals surface area contributed by atoms with E-state index in [0.717, 1.165) is 32.1 Å². The Labute approximate surface area is 110 Å². The van der Waals surface area contributed by atoms with Crippen LogP contribution in [0.1, 0.15) is 45.4 Å². The lowest BCUT2D eigenvalue weighted by Crippen LogP contribution is -2.36. The normalized spacial score (nSPS) is 10.2. The average molecular weight is 258 g/mol. The van der Waals surface area contributed by atoms with E-state index >= 15 is 0 Å². The molecule has 0 atom stereocenters. The summed E-state index contributed by atoms with van der Waals surface area (Å²) < 4.78 is 4.59. The van der Waals surface area contributed by atoms with Crippen molar-refractivity contribution in [2.24, 2.45) is 5.73 Å². The number of carbonyl (C=O) groups is 2. The number of hydrogen-bond donors (Lipinski definition) is 1. The van der Waals surface area contributed by atoms with Gasteiger partial charge in [0, 0.05) is 13.0 Å². The van der Waals surface area contributed by atoms with Gasteiger partial charge in [0.1, 0.15) is 6.54 Å².